The van der Waals surface area contributed by atoms with E-state index in [1.165, 1.54) is 12.3 Å². The third-order valence-electron chi connectivity index (χ3n) is 3.02. The van der Waals surface area contributed by atoms with E-state index in [0.717, 1.165) is 11.3 Å². The molecule has 23 heavy (non-hydrogen) atoms. The van der Waals surface area contributed by atoms with Crippen LogP contribution in [0.25, 0.3) is 0 Å². The number of benzene rings is 1. The molecule has 2 N–H and O–H groups in total. The van der Waals surface area contributed by atoms with E-state index < -0.39 is 0 Å². The summed E-state index contributed by atoms with van der Waals surface area (Å²) in [6, 6.07) is 4.72. The summed E-state index contributed by atoms with van der Waals surface area (Å²) in [7, 11) is 0. The summed E-state index contributed by atoms with van der Waals surface area (Å²) >= 11 is 3.11. The van der Waals surface area contributed by atoms with Crippen LogP contribution in [0, 0.1) is 25.2 Å². The van der Waals surface area contributed by atoms with Gasteiger partial charge in [-0.25, -0.2) is 19.9 Å². The van der Waals surface area contributed by atoms with Gasteiger partial charge in [-0.2, -0.15) is 5.11 Å². The van der Waals surface area contributed by atoms with Gasteiger partial charge in [0, 0.05) is 23.8 Å². The average Bonchev–Trinajstić information content (AvgIpc) is 2.54. The van der Waals surface area contributed by atoms with E-state index in [2.05, 4.69) is 36.3 Å². The molecule has 2 rings (SSSR count). The van der Waals surface area contributed by atoms with Crippen LogP contribution in [0.1, 0.15) is 11.3 Å². The number of hydrogen-bond acceptors (Lipinski definition) is 6. The van der Waals surface area contributed by atoms with Gasteiger partial charge in [0.1, 0.15) is 18.1 Å². The molecule has 0 aliphatic heterocycles. The van der Waals surface area contributed by atoms with E-state index >= 15 is 0 Å². The second kappa shape index (κ2) is 7.77. The molecule has 0 aliphatic rings. The monoisotopic (exact) mass is 379 g/mol. The van der Waals surface area contributed by atoms with Crippen LogP contribution in [0.4, 0.5) is 10.1 Å². The first-order chi connectivity index (χ1) is 11.0. The van der Waals surface area contributed by atoms with Gasteiger partial charge in [0.15, 0.2) is 0 Å². The molecule has 120 valence electrons. The van der Waals surface area contributed by atoms with Crippen molar-refractivity contribution in [3.63, 3.8) is 0 Å². The van der Waals surface area contributed by atoms with Gasteiger partial charge in [0.25, 0.3) is 0 Å². The first-order valence-electron chi connectivity index (χ1n) is 6.70. The topological polar surface area (TPSA) is 83.2 Å². The van der Waals surface area contributed by atoms with Crippen molar-refractivity contribution in [1.82, 2.24) is 9.97 Å². The third kappa shape index (κ3) is 4.82. The summed E-state index contributed by atoms with van der Waals surface area (Å²) in [5, 5.41) is 6.31. The Bertz CT molecular complexity index is 751. The standard InChI is InChI=1S/C15H15BrFN5O/c1-9-6-20-15(21-10(9)2)23-8-12(22-18)7-19-11-3-4-14(17)13(16)5-11/h3-7,18-19H,8H2,1-2H3/b12-7-,22-18?. The highest BCUT2D eigenvalue weighted by molar-refractivity contribution is 9.10. The van der Waals surface area contributed by atoms with Gasteiger partial charge in [-0.05, 0) is 53.5 Å². The Morgan fingerprint density at radius 3 is 2.91 bits per heavy atom. The predicted octanol–water partition coefficient (Wildman–Crippen LogP) is 4.36. The van der Waals surface area contributed by atoms with Gasteiger partial charge in [-0.1, -0.05) is 0 Å². The van der Waals surface area contributed by atoms with Gasteiger partial charge in [-0.15, -0.1) is 0 Å². The van der Waals surface area contributed by atoms with E-state index in [9.17, 15) is 4.39 Å². The summed E-state index contributed by atoms with van der Waals surface area (Å²) in [4.78, 5) is 8.24. The van der Waals surface area contributed by atoms with E-state index in [0.29, 0.717) is 15.9 Å². The van der Waals surface area contributed by atoms with Gasteiger partial charge in [0.05, 0.1) is 4.47 Å². The van der Waals surface area contributed by atoms with Crippen LogP contribution in [0.15, 0.2) is 45.9 Å². The van der Waals surface area contributed by atoms with Crippen molar-refractivity contribution in [2.45, 2.75) is 13.8 Å². The summed E-state index contributed by atoms with van der Waals surface area (Å²) < 4.78 is 18.9. The normalized spacial score (nSPS) is 11.2. The van der Waals surface area contributed by atoms with Crippen molar-refractivity contribution >= 4 is 21.6 Å². The van der Waals surface area contributed by atoms with E-state index in [-0.39, 0.29) is 18.4 Å². The van der Waals surface area contributed by atoms with Gasteiger partial charge >= 0.3 is 6.01 Å². The Morgan fingerprint density at radius 1 is 1.48 bits per heavy atom. The highest BCUT2D eigenvalue weighted by Gasteiger charge is 2.04. The summed E-state index contributed by atoms with van der Waals surface area (Å²) in [5.41, 5.74) is 9.97. The molecule has 0 aliphatic carbocycles. The van der Waals surface area contributed by atoms with Crippen molar-refractivity contribution in [1.29, 1.82) is 5.53 Å². The summed E-state index contributed by atoms with van der Waals surface area (Å²) in [6.45, 7) is 3.82. The van der Waals surface area contributed by atoms with Crippen molar-refractivity contribution < 1.29 is 9.13 Å². The fourth-order valence-corrected chi connectivity index (χ4v) is 1.95. The largest absolute Gasteiger partial charge is 0.457 e. The molecule has 0 spiro atoms. The number of halogens is 2. The zero-order valence-electron chi connectivity index (χ0n) is 12.6. The number of nitrogens with one attached hydrogen (secondary N) is 2. The highest BCUT2D eigenvalue weighted by Crippen LogP contribution is 2.20. The zero-order chi connectivity index (χ0) is 16.8. The molecule has 0 bridgehead atoms. The molecule has 1 aromatic heterocycles. The molecule has 0 saturated heterocycles. The lowest BCUT2D eigenvalue weighted by atomic mass is 10.3. The maximum atomic E-state index is 13.2. The van der Waals surface area contributed by atoms with E-state index in [1.807, 2.05) is 13.8 Å². The average molecular weight is 380 g/mol. The minimum Gasteiger partial charge on any atom is -0.457 e. The molecule has 0 saturated carbocycles. The van der Waals surface area contributed by atoms with Crippen molar-refractivity contribution in [2.75, 3.05) is 11.9 Å². The molecule has 1 heterocycles. The van der Waals surface area contributed by atoms with Gasteiger partial charge < -0.3 is 10.1 Å². The van der Waals surface area contributed by atoms with Crippen LogP contribution in [0.3, 0.4) is 0 Å². The first kappa shape index (κ1) is 17.0. The van der Waals surface area contributed by atoms with Crippen LogP contribution < -0.4 is 10.1 Å². The molecular weight excluding hydrogens is 365 g/mol. The maximum absolute atomic E-state index is 13.2. The summed E-state index contributed by atoms with van der Waals surface area (Å²) in [5.74, 6) is -0.347. The molecule has 0 amide bonds. The predicted molar refractivity (Wildman–Crippen MR) is 88.0 cm³/mol. The zero-order valence-corrected chi connectivity index (χ0v) is 14.2. The third-order valence-corrected chi connectivity index (χ3v) is 3.63. The molecular formula is C15H15BrFN5O. The molecule has 0 radical (unpaired) electrons. The van der Waals surface area contributed by atoms with Crippen LogP contribution in [0.5, 0.6) is 6.01 Å². The Labute approximate surface area is 141 Å². The number of rotatable bonds is 6. The first-order valence-corrected chi connectivity index (χ1v) is 7.50. The number of anilines is 1. The quantitative estimate of drug-likeness (QED) is 0.730. The Kier molecular flexibility index (Phi) is 5.75. The molecule has 0 unspecified atom stereocenters. The number of aromatic nitrogens is 2. The van der Waals surface area contributed by atoms with E-state index in [4.69, 9.17) is 10.3 Å². The Balaban J connectivity index is 1.99. The lowest BCUT2D eigenvalue weighted by Gasteiger charge is -2.07. The second-order valence-corrected chi connectivity index (χ2v) is 5.58. The van der Waals surface area contributed by atoms with Crippen LogP contribution >= 0.6 is 15.9 Å². The molecule has 1 aromatic carbocycles. The molecule has 0 fully saturated rings. The number of ether oxygens (including phenoxy) is 1. The highest BCUT2D eigenvalue weighted by atomic mass is 79.9. The van der Waals surface area contributed by atoms with E-state index in [1.54, 1.807) is 18.3 Å². The second-order valence-electron chi connectivity index (χ2n) is 4.73. The number of nitrogens with zero attached hydrogens (tertiary/aromatic N) is 3. The molecule has 0 atom stereocenters. The van der Waals surface area contributed by atoms with Gasteiger partial charge in [0.2, 0.25) is 0 Å². The van der Waals surface area contributed by atoms with Crippen molar-refractivity contribution in [3.05, 3.63) is 57.8 Å². The Hall–Kier alpha value is -2.35. The summed E-state index contributed by atoms with van der Waals surface area (Å²) in [6.07, 6.45) is 3.18. The molecule has 8 heteroatoms. The lowest BCUT2D eigenvalue weighted by molar-refractivity contribution is 0.319. The maximum Gasteiger partial charge on any atom is 0.316 e. The lowest BCUT2D eigenvalue weighted by Crippen LogP contribution is -2.05. The minimum absolute atomic E-state index is 0.0430. The Morgan fingerprint density at radius 2 is 2.26 bits per heavy atom. The smallest absolute Gasteiger partial charge is 0.316 e. The van der Waals surface area contributed by atoms with Gasteiger partial charge in [-0.3, -0.25) is 0 Å². The van der Waals surface area contributed by atoms with Crippen LogP contribution in [0.2, 0.25) is 0 Å². The number of hydrogen-bond donors (Lipinski definition) is 2. The van der Waals surface area contributed by atoms with Crippen molar-refractivity contribution in [3.8, 4) is 6.01 Å². The van der Waals surface area contributed by atoms with Crippen LogP contribution in [-0.2, 0) is 0 Å². The van der Waals surface area contributed by atoms with Crippen LogP contribution in [-0.4, -0.2) is 16.6 Å². The molecule has 2 aromatic rings. The fraction of sp³-hybridized carbons (Fsp3) is 0.200. The van der Waals surface area contributed by atoms with Crippen molar-refractivity contribution in [2.24, 2.45) is 5.11 Å². The fourth-order valence-electron chi connectivity index (χ4n) is 1.57. The molecule has 6 nitrogen and oxygen atoms in total. The number of aryl methyl sites for hydroxylation is 2. The SMILES string of the molecule is Cc1cnc(OC/C(=C/Nc2ccc(F)c(Br)c2)N=N)nc1C. The minimum atomic E-state index is -0.347.